The summed E-state index contributed by atoms with van der Waals surface area (Å²) >= 11 is 0. The zero-order chi connectivity index (χ0) is 19.3. The molecule has 2 aliphatic heterocycles. The van der Waals surface area contributed by atoms with Crippen molar-refractivity contribution in [3.05, 3.63) is 54.6 Å². The van der Waals surface area contributed by atoms with Crippen LogP contribution >= 0.6 is 0 Å². The molecule has 6 heteroatoms. The lowest BCUT2D eigenvalue weighted by molar-refractivity contribution is 0.0706. The van der Waals surface area contributed by atoms with Crippen LogP contribution in [0.4, 0.5) is 10.5 Å². The number of likely N-dealkylation sites (tertiary alicyclic amines) is 2. The Bertz CT molecular complexity index is 775. The van der Waals surface area contributed by atoms with Crippen molar-refractivity contribution < 1.29 is 14.6 Å². The molecule has 2 saturated heterocycles. The fourth-order valence-electron chi connectivity index (χ4n) is 3.98. The van der Waals surface area contributed by atoms with E-state index in [1.54, 1.807) is 4.90 Å². The predicted octanol–water partition coefficient (Wildman–Crippen LogP) is 3.54. The van der Waals surface area contributed by atoms with E-state index in [1.165, 1.54) is 19.3 Å². The molecule has 0 unspecified atom stereocenters. The summed E-state index contributed by atoms with van der Waals surface area (Å²) in [7, 11) is 0. The first-order valence-corrected chi connectivity index (χ1v) is 10.00. The van der Waals surface area contributed by atoms with Crippen LogP contribution in [-0.2, 0) is 0 Å². The smallest absolute Gasteiger partial charge is 0.321 e. The second-order valence-corrected chi connectivity index (χ2v) is 7.51. The van der Waals surface area contributed by atoms with Crippen LogP contribution in [0.1, 0.15) is 19.3 Å². The number of piperidine rings is 1. The molecule has 2 amide bonds. The van der Waals surface area contributed by atoms with E-state index < -0.39 is 6.10 Å². The highest BCUT2D eigenvalue weighted by Crippen LogP contribution is 2.24. The Kier molecular flexibility index (Phi) is 5.78. The maximum absolute atomic E-state index is 12.6. The van der Waals surface area contributed by atoms with Gasteiger partial charge in [0.1, 0.15) is 11.5 Å². The molecule has 4 rings (SSSR count). The van der Waals surface area contributed by atoms with Crippen LogP contribution in [0.5, 0.6) is 11.5 Å². The molecule has 2 fully saturated rings. The molecule has 0 radical (unpaired) electrons. The van der Waals surface area contributed by atoms with Crippen molar-refractivity contribution in [2.24, 2.45) is 0 Å². The zero-order valence-electron chi connectivity index (χ0n) is 16.0. The number of β-amino-alcohol motifs (C(OH)–C–C–N with tert-alkyl or cyclic N) is 1. The van der Waals surface area contributed by atoms with E-state index in [0.29, 0.717) is 24.5 Å². The topological polar surface area (TPSA) is 65.0 Å². The third-order valence-electron chi connectivity index (χ3n) is 5.49. The van der Waals surface area contributed by atoms with Gasteiger partial charge in [0.2, 0.25) is 0 Å². The molecular formula is C22H27N3O3. The average molecular weight is 381 g/mol. The summed E-state index contributed by atoms with van der Waals surface area (Å²) in [6.45, 7) is 2.98. The Morgan fingerprint density at radius 1 is 0.929 bits per heavy atom. The summed E-state index contributed by atoms with van der Waals surface area (Å²) in [5, 5.41) is 13.3. The number of aliphatic hydroxyl groups is 1. The minimum absolute atomic E-state index is 0.0488. The van der Waals surface area contributed by atoms with Crippen LogP contribution in [0.2, 0.25) is 0 Å². The Morgan fingerprint density at radius 3 is 2.32 bits per heavy atom. The fraction of sp³-hybridized carbons (Fsp3) is 0.409. The van der Waals surface area contributed by atoms with Crippen molar-refractivity contribution in [2.75, 3.05) is 31.5 Å². The first kappa shape index (κ1) is 18.8. The number of nitrogens with zero attached hydrogens (tertiary/aromatic N) is 2. The van der Waals surface area contributed by atoms with Gasteiger partial charge in [0.05, 0.1) is 18.7 Å². The molecule has 2 aromatic rings. The minimum Gasteiger partial charge on any atom is -0.457 e. The molecule has 2 aromatic carbocycles. The van der Waals surface area contributed by atoms with Gasteiger partial charge in [0.25, 0.3) is 0 Å². The highest BCUT2D eigenvalue weighted by molar-refractivity contribution is 5.89. The van der Waals surface area contributed by atoms with Gasteiger partial charge in [-0.25, -0.2) is 4.79 Å². The highest BCUT2D eigenvalue weighted by Gasteiger charge is 2.37. The van der Waals surface area contributed by atoms with E-state index in [9.17, 15) is 9.90 Å². The Morgan fingerprint density at radius 2 is 1.61 bits per heavy atom. The average Bonchev–Trinajstić information content (AvgIpc) is 3.13. The number of para-hydroxylation sites is 1. The summed E-state index contributed by atoms with van der Waals surface area (Å²) in [5.41, 5.74) is 0.710. The lowest BCUT2D eigenvalue weighted by atomic mass is 10.1. The van der Waals surface area contributed by atoms with E-state index in [2.05, 4.69) is 10.2 Å². The lowest BCUT2D eigenvalue weighted by Gasteiger charge is -2.33. The zero-order valence-corrected chi connectivity index (χ0v) is 16.0. The molecule has 148 valence electrons. The van der Waals surface area contributed by atoms with Gasteiger partial charge in [-0.2, -0.15) is 0 Å². The van der Waals surface area contributed by atoms with Crippen molar-refractivity contribution in [2.45, 2.75) is 31.4 Å². The molecule has 2 heterocycles. The summed E-state index contributed by atoms with van der Waals surface area (Å²) in [6, 6.07) is 16.8. The van der Waals surface area contributed by atoms with E-state index in [1.807, 2.05) is 54.6 Å². The SMILES string of the molecule is O=C(Nc1ccc(Oc2ccccc2)cc1)N1C[C@H](O)[C@@H](N2CCCCC2)C1. The van der Waals surface area contributed by atoms with Crippen LogP contribution in [0, 0.1) is 0 Å². The van der Waals surface area contributed by atoms with Crippen LogP contribution in [0.25, 0.3) is 0 Å². The van der Waals surface area contributed by atoms with Gasteiger partial charge < -0.3 is 20.1 Å². The number of benzene rings is 2. The number of hydrogen-bond donors (Lipinski definition) is 2. The number of amides is 2. The number of carbonyl (C=O) groups excluding carboxylic acids is 1. The van der Waals surface area contributed by atoms with Crippen LogP contribution in [0.15, 0.2) is 54.6 Å². The molecule has 0 bridgehead atoms. The molecule has 0 aliphatic carbocycles. The Balaban J connectivity index is 1.32. The van der Waals surface area contributed by atoms with Crippen molar-refractivity contribution >= 4 is 11.7 Å². The number of hydrogen-bond acceptors (Lipinski definition) is 4. The minimum atomic E-state index is -0.481. The standard InChI is InChI=1S/C22H27N3O3/c26-21-16-25(15-20(21)24-13-5-2-6-14-24)22(27)23-17-9-11-19(12-10-17)28-18-7-3-1-4-8-18/h1,3-4,7-12,20-21,26H,2,5-6,13-16H2,(H,23,27)/t20-,21-/m0/s1. The van der Waals surface area contributed by atoms with Crippen molar-refractivity contribution in [3.8, 4) is 11.5 Å². The van der Waals surface area contributed by atoms with Gasteiger partial charge in [-0.05, 0) is 62.3 Å². The van der Waals surface area contributed by atoms with Gasteiger partial charge in [0.15, 0.2) is 0 Å². The monoisotopic (exact) mass is 381 g/mol. The number of aliphatic hydroxyl groups excluding tert-OH is 1. The molecule has 0 spiro atoms. The third kappa shape index (κ3) is 4.46. The van der Waals surface area contributed by atoms with Crippen molar-refractivity contribution in [3.63, 3.8) is 0 Å². The number of anilines is 1. The highest BCUT2D eigenvalue weighted by atomic mass is 16.5. The maximum Gasteiger partial charge on any atom is 0.321 e. The lowest BCUT2D eigenvalue weighted by Crippen LogP contribution is -2.46. The molecule has 6 nitrogen and oxygen atoms in total. The van der Waals surface area contributed by atoms with E-state index in [4.69, 9.17) is 4.74 Å². The van der Waals surface area contributed by atoms with Crippen LogP contribution in [0.3, 0.4) is 0 Å². The number of nitrogens with one attached hydrogen (secondary N) is 1. The molecule has 2 N–H and O–H groups in total. The van der Waals surface area contributed by atoms with Gasteiger partial charge >= 0.3 is 6.03 Å². The summed E-state index contributed by atoms with van der Waals surface area (Å²) in [5.74, 6) is 1.49. The first-order chi connectivity index (χ1) is 13.7. The number of ether oxygens (including phenoxy) is 1. The predicted molar refractivity (Wildman–Crippen MR) is 109 cm³/mol. The molecular weight excluding hydrogens is 354 g/mol. The maximum atomic E-state index is 12.6. The van der Waals surface area contributed by atoms with Crippen molar-refractivity contribution in [1.82, 2.24) is 9.80 Å². The third-order valence-corrected chi connectivity index (χ3v) is 5.49. The number of carbonyl (C=O) groups is 1. The molecule has 2 atom stereocenters. The number of rotatable bonds is 4. The summed E-state index contributed by atoms with van der Waals surface area (Å²) in [4.78, 5) is 16.7. The molecule has 28 heavy (non-hydrogen) atoms. The normalized spacial score (nSPS) is 22.8. The molecule has 0 saturated carbocycles. The molecule has 0 aromatic heterocycles. The summed E-state index contributed by atoms with van der Waals surface area (Å²) < 4.78 is 5.77. The fourth-order valence-corrected chi connectivity index (χ4v) is 3.98. The van der Waals surface area contributed by atoms with E-state index >= 15 is 0 Å². The second-order valence-electron chi connectivity index (χ2n) is 7.51. The number of urea groups is 1. The van der Waals surface area contributed by atoms with Gasteiger partial charge in [-0.15, -0.1) is 0 Å². The second kappa shape index (κ2) is 8.63. The van der Waals surface area contributed by atoms with Crippen molar-refractivity contribution in [1.29, 1.82) is 0 Å². The van der Waals surface area contributed by atoms with Crippen LogP contribution < -0.4 is 10.1 Å². The summed E-state index contributed by atoms with van der Waals surface area (Å²) in [6.07, 6.45) is 3.12. The Hall–Kier alpha value is -2.57. The van der Waals surface area contributed by atoms with Gasteiger partial charge in [0, 0.05) is 12.2 Å². The van der Waals surface area contributed by atoms with Gasteiger partial charge in [-0.1, -0.05) is 24.6 Å². The Labute approximate surface area is 165 Å². The molecule has 2 aliphatic rings. The largest absolute Gasteiger partial charge is 0.457 e. The first-order valence-electron chi connectivity index (χ1n) is 10.00. The van der Waals surface area contributed by atoms with Gasteiger partial charge in [-0.3, -0.25) is 4.90 Å². The quantitative estimate of drug-likeness (QED) is 0.850. The van der Waals surface area contributed by atoms with Crippen LogP contribution in [-0.4, -0.2) is 59.3 Å². The van der Waals surface area contributed by atoms with E-state index in [0.717, 1.165) is 18.8 Å². The van der Waals surface area contributed by atoms with E-state index in [-0.39, 0.29) is 12.1 Å².